The third kappa shape index (κ3) is 5.16. The smallest absolute Gasteiger partial charge is 0.273 e. The van der Waals surface area contributed by atoms with Crippen LogP contribution in [0.25, 0.3) is 0 Å². The fraction of sp³-hybridized carbons (Fsp3) is 0.250. The third-order valence-corrected chi connectivity index (χ3v) is 4.87. The summed E-state index contributed by atoms with van der Waals surface area (Å²) in [6.45, 7) is 3.38. The molecule has 0 unspecified atom stereocenters. The molecule has 25 heavy (non-hydrogen) atoms. The molecule has 0 saturated heterocycles. The van der Waals surface area contributed by atoms with Crippen LogP contribution in [0.1, 0.15) is 28.1 Å². The summed E-state index contributed by atoms with van der Waals surface area (Å²) in [5, 5.41) is 0. The van der Waals surface area contributed by atoms with E-state index in [0.717, 1.165) is 5.56 Å². The topological polar surface area (TPSA) is 118 Å². The lowest BCUT2D eigenvalue weighted by molar-refractivity contribution is -0.121. The molecule has 2 amide bonds. The average Bonchev–Trinajstić information content (AvgIpc) is 2.99. The minimum Gasteiger partial charge on any atom is -0.469 e. The Bertz CT molecular complexity index is 856. The molecule has 0 saturated carbocycles. The Morgan fingerprint density at radius 2 is 1.72 bits per heavy atom. The lowest BCUT2D eigenvalue weighted by atomic mass is 10.2. The van der Waals surface area contributed by atoms with Crippen molar-refractivity contribution < 1.29 is 22.4 Å². The van der Waals surface area contributed by atoms with Crippen molar-refractivity contribution >= 4 is 21.8 Å². The zero-order valence-corrected chi connectivity index (χ0v) is 14.6. The van der Waals surface area contributed by atoms with Crippen LogP contribution >= 0.6 is 0 Å². The average molecular weight is 365 g/mol. The van der Waals surface area contributed by atoms with Gasteiger partial charge in [0.05, 0.1) is 16.7 Å². The van der Waals surface area contributed by atoms with Gasteiger partial charge in [-0.1, -0.05) is 17.7 Å². The molecule has 0 radical (unpaired) electrons. The van der Waals surface area contributed by atoms with Crippen LogP contribution in [0.2, 0.25) is 0 Å². The first kappa shape index (κ1) is 18.7. The molecule has 2 aromatic rings. The van der Waals surface area contributed by atoms with Crippen LogP contribution in [0.3, 0.4) is 0 Å². The SMILES string of the molecule is Cc1ccc(S(=O)(=O)NCCC(=O)NNC(=O)c2ccoc2C)cc1. The van der Waals surface area contributed by atoms with Crippen LogP contribution < -0.4 is 15.6 Å². The molecule has 0 aliphatic carbocycles. The minimum absolute atomic E-state index is 0.0946. The number of furan rings is 1. The van der Waals surface area contributed by atoms with Gasteiger partial charge in [-0.05, 0) is 32.0 Å². The fourth-order valence-electron chi connectivity index (χ4n) is 1.98. The van der Waals surface area contributed by atoms with Gasteiger partial charge >= 0.3 is 0 Å². The van der Waals surface area contributed by atoms with Gasteiger partial charge in [-0.2, -0.15) is 0 Å². The molecule has 134 valence electrons. The number of aryl methyl sites for hydroxylation is 2. The summed E-state index contributed by atoms with van der Waals surface area (Å²) in [5.74, 6) is -0.612. The standard InChI is InChI=1S/C16H19N3O5S/c1-11-3-5-13(6-4-11)25(22,23)17-9-7-15(20)18-19-16(21)14-8-10-24-12(14)2/h3-6,8,10,17H,7,9H2,1-2H3,(H,18,20)(H,19,21). The van der Waals surface area contributed by atoms with E-state index >= 15 is 0 Å². The second-order valence-corrected chi connectivity index (χ2v) is 7.12. The molecular weight excluding hydrogens is 346 g/mol. The quantitative estimate of drug-likeness (QED) is 0.661. The lowest BCUT2D eigenvalue weighted by Crippen LogP contribution is -2.42. The number of hydrazine groups is 1. The van der Waals surface area contributed by atoms with E-state index in [-0.39, 0.29) is 17.9 Å². The Hall–Kier alpha value is -2.65. The zero-order chi connectivity index (χ0) is 18.4. The van der Waals surface area contributed by atoms with E-state index in [1.54, 1.807) is 19.1 Å². The second kappa shape index (κ2) is 7.95. The number of amides is 2. The molecule has 0 fully saturated rings. The number of rotatable bonds is 6. The number of benzene rings is 1. The van der Waals surface area contributed by atoms with Crippen molar-refractivity contribution in [2.24, 2.45) is 0 Å². The van der Waals surface area contributed by atoms with Crippen molar-refractivity contribution in [1.82, 2.24) is 15.6 Å². The number of carbonyl (C=O) groups excluding carboxylic acids is 2. The molecule has 0 aliphatic rings. The maximum Gasteiger partial charge on any atom is 0.273 e. The van der Waals surface area contributed by atoms with Crippen molar-refractivity contribution in [1.29, 1.82) is 0 Å². The van der Waals surface area contributed by atoms with Gasteiger partial charge < -0.3 is 4.42 Å². The predicted molar refractivity (Wildman–Crippen MR) is 90.0 cm³/mol. The number of hydrogen-bond donors (Lipinski definition) is 3. The lowest BCUT2D eigenvalue weighted by Gasteiger charge is -2.08. The molecule has 3 N–H and O–H groups in total. The molecule has 8 nitrogen and oxygen atoms in total. The molecular formula is C16H19N3O5S. The van der Waals surface area contributed by atoms with Crippen LogP contribution in [0.5, 0.6) is 0 Å². The highest BCUT2D eigenvalue weighted by molar-refractivity contribution is 7.89. The van der Waals surface area contributed by atoms with Crippen molar-refractivity contribution in [2.45, 2.75) is 25.2 Å². The van der Waals surface area contributed by atoms with Gasteiger partial charge in [-0.3, -0.25) is 20.4 Å². The zero-order valence-electron chi connectivity index (χ0n) is 13.8. The van der Waals surface area contributed by atoms with Crippen LogP contribution in [-0.4, -0.2) is 26.8 Å². The summed E-state index contributed by atoms with van der Waals surface area (Å²) in [5.41, 5.74) is 5.70. The predicted octanol–water partition coefficient (Wildman–Crippen LogP) is 1.03. The summed E-state index contributed by atoms with van der Waals surface area (Å²) in [6, 6.07) is 7.84. The summed E-state index contributed by atoms with van der Waals surface area (Å²) >= 11 is 0. The first-order chi connectivity index (χ1) is 11.8. The number of sulfonamides is 1. The van der Waals surface area contributed by atoms with E-state index in [1.807, 2.05) is 6.92 Å². The van der Waals surface area contributed by atoms with E-state index in [2.05, 4.69) is 15.6 Å². The summed E-state index contributed by atoms with van der Waals surface area (Å²) in [6.07, 6.45) is 1.24. The van der Waals surface area contributed by atoms with Gasteiger partial charge in [0.2, 0.25) is 15.9 Å². The van der Waals surface area contributed by atoms with Gasteiger partial charge in [-0.15, -0.1) is 0 Å². The summed E-state index contributed by atoms with van der Waals surface area (Å²) in [4.78, 5) is 23.6. The van der Waals surface area contributed by atoms with Gasteiger partial charge in [0.15, 0.2) is 0 Å². The maximum absolute atomic E-state index is 12.1. The largest absolute Gasteiger partial charge is 0.469 e. The molecule has 1 heterocycles. The highest BCUT2D eigenvalue weighted by Gasteiger charge is 2.15. The second-order valence-electron chi connectivity index (χ2n) is 5.35. The Balaban J connectivity index is 1.77. The van der Waals surface area contributed by atoms with Crippen molar-refractivity contribution in [2.75, 3.05) is 6.54 Å². The van der Waals surface area contributed by atoms with Crippen LogP contribution in [-0.2, 0) is 14.8 Å². The van der Waals surface area contributed by atoms with Gasteiger partial charge in [0, 0.05) is 13.0 Å². The van der Waals surface area contributed by atoms with Crippen molar-refractivity contribution in [3.05, 3.63) is 53.5 Å². The maximum atomic E-state index is 12.1. The molecule has 0 aliphatic heterocycles. The molecule has 9 heteroatoms. The van der Waals surface area contributed by atoms with E-state index < -0.39 is 21.8 Å². The van der Waals surface area contributed by atoms with E-state index in [4.69, 9.17) is 4.42 Å². The van der Waals surface area contributed by atoms with E-state index in [1.165, 1.54) is 24.5 Å². The van der Waals surface area contributed by atoms with Gasteiger partial charge in [0.25, 0.3) is 5.91 Å². The molecule has 0 atom stereocenters. The molecule has 2 rings (SSSR count). The summed E-state index contributed by atoms with van der Waals surface area (Å²) in [7, 11) is -3.67. The Labute approximate surface area is 145 Å². The van der Waals surface area contributed by atoms with Crippen molar-refractivity contribution in [3.63, 3.8) is 0 Å². The monoisotopic (exact) mass is 365 g/mol. The van der Waals surface area contributed by atoms with E-state index in [0.29, 0.717) is 11.3 Å². The summed E-state index contributed by atoms with van der Waals surface area (Å²) < 4.78 is 31.4. The number of hydrogen-bond acceptors (Lipinski definition) is 5. The Morgan fingerprint density at radius 3 is 2.32 bits per heavy atom. The van der Waals surface area contributed by atoms with Gasteiger partial charge in [0.1, 0.15) is 5.76 Å². The first-order valence-electron chi connectivity index (χ1n) is 7.49. The molecule has 1 aromatic carbocycles. The van der Waals surface area contributed by atoms with Crippen LogP contribution in [0.4, 0.5) is 0 Å². The third-order valence-electron chi connectivity index (χ3n) is 3.39. The normalized spacial score (nSPS) is 11.1. The molecule has 0 spiro atoms. The first-order valence-corrected chi connectivity index (χ1v) is 8.97. The molecule has 1 aromatic heterocycles. The van der Waals surface area contributed by atoms with E-state index in [9.17, 15) is 18.0 Å². The Morgan fingerprint density at radius 1 is 1.04 bits per heavy atom. The van der Waals surface area contributed by atoms with Crippen LogP contribution in [0, 0.1) is 13.8 Å². The highest BCUT2D eigenvalue weighted by Crippen LogP contribution is 2.09. The minimum atomic E-state index is -3.67. The highest BCUT2D eigenvalue weighted by atomic mass is 32.2. The van der Waals surface area contributed by atoms with Crippen molar-refractivity contribution in [3.8, 4) is 0 Å². The van der Waals surface area contributed by atoms with Gasteiger partial charge in [-0.25, -0.2) is 13.1 Å². The number of nitrogens with one attached hydrogen (secondary N) is 3. The van der Waals surface area contributed by atoms with Crippen LogP contribution in [0.15, 0.2) is 45.9 Å². The Kier molecular flexibility index (Phi) is 5.94. The fourth-order valence-corrected chi connectivity index (χ4v) is 3.01. The number of carbonyl (C=O) groups is 2. The molecule has 0 bridgehead atoms.